The fourth-order valence-corrected chi connectivity index (χ4v) is 4.36. The van der Waals surface area contributed by atoms with Crippen molar-refractivity contribution in [1.82, 2.24) is 14.8 Å². The van der Waals surface area contributed by atoms with Crippen molar-refractivity contribution in [3.8, 4) is 11.5 Å². The van der Waals surface area contributed by atoms with Crippen LogP contribution in [0, 0.1) is 5.82 Å². The van der Waals surface area contributed by atoms with Crippen LogP contribution in [-0.4, -0.2) is 33.9 Å². The molecule has 8 nitrogen and oxygen atoms in total. The number of nitrogens with zero attached hydrogens (tertiary/aromatic N) is 3. The van der Waals surface area contributed by atoms with Gasteiger partial charge in [0.25, 0.3) is 0 Å². The Labute approximate surface area is 210 Å². The summed E-state index contributed by atoms with van der Waals surface area (Å²) in [5.74, 6) is 0.486. The molecule has 3 aromatic rings. The number of hydrogen-bond donors (Lipinski definition) is 1. The first kappa shape index (κ1) is 24.5. The molecule has 1 N–H and O–H groups in total. The average Bonchev–Trinajstić information content (AvgIpc) is 3.30. The van der Waals surface area contributed by atoms with Crippen LogP contribution in [-0.2, 0) is 16.1 Å². The van der Waals surface area contributed by atoms with Crippen LogP contribution in [0.25, 0.3) is 0 Å². The molecule has 0 bridgehead atoms. The van der Waals surface area contributed by atoms with E-state index in [9.17, 15) is 9.18 Å². The molecule has 2 aromatic carbocycles. The maximum Gasteiger partial charge on any atom is 0.338 e. The Hall–Kier alpha value is -3.66. The summed E-state index contributed by atoms with van der Waals surface area (Å²) in [5.41, 5.74) is 2.08. The summed E-state index contributed by atoms with van der Waals surface area (Å²) in [6.07, 6.45) is 2.91. The van der Waals surface area contributed by atoms with Crippen molar-refractivity contribution in [2.75, 3.05) is 18.5 Å². The molecule has 2 heterocycles. The highest BCUT2D eigenvalue weighted by molar-refractivity contribution is 9.10. The number of fused-ring (bicyclic) bond motifs is 1. The van der Waals surface area contributed by atoms with E-state index in [0.29, 0.717) is 50.9 Å². The number of nitrogens with one attached hydrogen (secondary N) is 1. The van der Waals surface area contributed by atoms with Gasteiger partial charge in [0.05, 0.1) is 16.7 Å². The van der Waals surface area contributed by atoms with Gasteiger partial charge in [-0.05, 0) is 53.5 Å². The lowest BCUT2D eigenvalue weighted by molar-refractivity contribution is -0.138. The molecule has 1 aliphatic rings. The normalized spacial score (nSPS) is 14.7. The zero-order chi connectivity index (χ0) is 24.9. The number of carbonyl (C=O) groups is 1. The second-order valence-corrected chi connectivity index (χ2v) is 8.48. The fraction of sp³-hybridized carbons (Fsp3) is 0.240. The standard InChI is InChI=1S/C25H24BrFN4O4/c1-4-10-34-24(32)21-15(3)30-25-28-14-29-31(25)22(21)17-11-18(26)23(20(12-17)33-5-2)35-13-16-8-6-7-9-19(16)27/h4,6-9,11-12,14,22H,1,5,10,13H2,2-3H3,(H,28,29,30). The summed E-state index contributed by atoms with van der Waals surface area (Å²) >= 11 is 3.57. The largest absolute Gasteiger partial charge is 0.490 e. The van der Waals surface area contributed by atoms with Crippen molar-refractivity contribution in [2.45, 2.75) is 26.5 Å². The van der Waals surface area contributed by atoms with E-state index in [2.05, 4.69) is 37.9 Å². The number of halogens is 2. The maximum absolute atomic E-state index is 14.1. The zero-order valence-electron chi connectivity index (χ0n) is 19.3. The van der Waals surface area contributed by atoms with E-state index in [1.54, 1.807) is 35.9 Å². The van der Waals surface area contributed by atoms with E-state index < -0.39 is 12.0 Å². The van der Waals surface area contributed by atoms with Crippen LogP contribution in [0.3, 0.4) is 0 Å². The van der Waals surface area contributed by atoms with Gasteiger partial charge in [0.1, 0.15) is 31.4 Å². The molecular weight excluding hydrogens is 519 g/mol. The first-order valence-corrected chi connectivity index (χ1v) is 11.7. The third-order valence-corrected chi connectivity index (χ3v) is 5.91. The van der Waals surface area contributed by atoms with Crippen LogP contribution in [0.15, 0.2) is 71.1 Å². The quantitative estimate of drug-likeness (QED) is 0.294. The highest BCUT2D eigenvalue weighted by Crippen LogP contribution is 2.43. The Bertz CT molecular complexity index is 1290. The number of rotatable bonds is 9. The number of benzene rings is 2. The monoisotopic (exact) mass is 542 g/mol. The van der Waals surface area contributed by atoms with Gasteiger partial charge in [-0.2, -0.15) is 10.1 Å². The number of hydrogen-bond acceptors (Lipinski definition) is 7. The lowest BCUT2D eigenvalue weighted by atomic mass is 9.95. The Kier molecular flexibility index (Phi) is 7.50. The number of carbonyl (C=O) groups excluding carboxylic acids is 1. The minimum absolute atomic E-state index is 0.0173. The Balaban J connectivity index is 1.75. The maximum atomic E-state index is 14.1. The Morgan fingerprint density at radius 1 is 1.31 bits per heavy atom. The summed E-state index contributed by atoms with van der Waals surface area (Å²) < 4.78 is 33.5. The van der Waals surface area contributed by atoms with E-state index in [-0.39, 0.29) is 19.0 Å². The van der Waals surface area contributed by atoms with E-state index in [4.69, 9.17) is 14.2 Å². The number of esters is 1. The molecule has 0 saturated carbocycles. The minimum Gasteiger partial charge on any atom is -0.490 e. The molecular formula is C25H24BrFN4O4. The molecule has 182 valence electrons. The molecule has 1 aliphatic heterocycles. The van der Waals surface area contributed by atoms with Gasteiger partial charge in [0.15, 0.2) is 11.5 Å². The van der Waals surface area contributed by atoms with Crippen LogP contribution < -0.4 is 14.8 Å². The smallest absolute Gasteiger partial charge is 0.338 e. The van der Waals surface area contributed by atoms with Gasteiger partial charge in [0, 0.05) is 11.3 Å². The highest BCUT2D eigenvalue weighted by atomic mass is 79.9. The lowest BCUT2D eigenvalue weighted by Gasteiger charge is -2.29. The van der Waals surface area contributed by atoms with Crippen LogP contribution in [0.1, 0.15) is 31.0 Å². The molecule has 0 radical (unpaired) electrons. The molecule has 10 heteroatoms. The van der Waals surface area contributed by atoms with Crippen LogP contribution in [0.5, 0.6) is 11.5 Å². The van der Waals surface area contributed by atoms with Crippen LogP contribution in [0.4, 0.5) is 10.3 Å². The molecule has 1 unspecified atom stereocenters. The van der Waals surface area contributed by atoms with Crippen molar-refractivity contribution in [3.05, 3.63) is 88.1 Å². The van der Waals surface area contributed by atoms with Gasteiger partial charge in [-0.15, -0.1) is 0 Å². The molecule has 0 amide bonds. The molecule has 0 fully saturated rings. The van der Waals surface area contributed by atoms with Gasteiger partial charge in [0.2, 0.25) is 5.95 Å². The van der Waals surface area contributed by atoms with Crippen LogP contribution in [0.2, 0.25) is 0 Å². The second kappa shape index (κ2) is 10.7. The van der Waals surface area contributed by atoms with E-state index in [1.807, 2.05) is 13.0 Å². The van der Waals surface area contributed by atoms with Gasteiger partial charge < -0.3 is 19.5 Å². The van der Waals surface area contributed by atoms with Crippen LogP contribution >= 0.6 is 15.9 Å². The highest BCUT2D eigenvalue weighted by Gasteiger charge is 2.35. The first-order chi connectivity index (χ1) is 16.9. The Morgan fingerprint density at radius 3 is 2.86 bits per heavy atom. The van der Waals surface area contributed by atoms with Gasteiger partial charge >= 0.3 is 5.97 Å². The third-order valence-electron chi connectivity index (χ3n) is 5.32. The topological polar surface area (TPSA) is 87.5 Å². The van der Waals surface area contributed by atoms with Crippen molar-refractivity contribution in [2.24, 2.45) is 0 Å². The predicted molar refractivity (Wildman–Crippen MR) is 132 cm³/mol. The van der Waals surface area contributed by atoms with Crippen molar-refractivity contribution >= 4 is 27.8 Å². The molecule has 1 atom stereocenters. The number of anilines is 1. The zero-order valence-corrected chi connectivity index (χ0v) is 20.8. The van der Waals surface area contributed by atoms with E-state index in [0.717, 1.165) is 0 Å². The SMILES string of the molecule is C=CCOC(=O)C1=C(C)Nc2ncnn2C1c1cc(Br)c(OCc2ccccc2F)c(OCC)c1. The van der Waals surface area contributed by atoms with E-state index >= 15 is 0 Å². The van der Waals surface area contributed by atoms with E-state index in [1.165, 1.54) is 18.5 Å². The molecule has 0 spiro atoms. The number of allylic oxidation sites excluding steroid dienone is 1. The number of aromatic nitrogens is 3. The Morgan fingerprint density at radius 2 is 2.11 bits per heavy atom. The predicted octanol–water partition coefficient (Wildman–Crippen LogP) is 5.18. The summed E-state index contributed by atoms with van der Waals surface area (Å²) in [6.45, 7) is 7.69. The van der Waals surface area contributed by atoms with Crippen molar-refractivity contribution in [3.63, 3.8) is 0 Å². The lowest BCUT2D eigenvalue weighted by Crippen LogP contribution is -2.29. The molecule has 0 aliphatic carbocycles. The molecule has 4 rings (SSSR count). The molecule has 0 saturated heterocycles. The first-order valence-electron chi connectivity index (χ1n) is 10.9. The van der Waals surface area contributed by atoms with Gasteiger partial charge in [-0.3, -0.25) is 0 Å². The molecule has 1 aromatic heterocycles. The third kappa shape index (κ3) is 5.07. The second-order valence-electron chi connectivity index (χ2n) is 7.62. The summed E-state index contributed by atoms with van der Waals surface area (Å²) in [7, 11) is 0. The van der Waals surface area contributed by atoms with Gasteiger partial charge in [-0.1, -0.05) is 30.9 Å². The fourth-order valence-electron chi connectivity index (χ4n) is 3.79. The van der Waals surface area contributed by atoms with Crippen molar-refractivity contribution in [1.29, 1.82) is 0 Å². The molecule has 35 heavy (non-hydrogen) atoms. The average molecular weight is 543 g/mol. The summed E-state index contributed by atoms with van der Waals surface area (Å²) in [6, 6.07) is 9.37. The summed E-state index contributed by atoms with van der Waals surface area (Å²) in [4.78, 5) is 17.2. The number of ether oxygens (including phenoxy) is 3. The van der Waals surface area contributed by atoms with Gasteiger partial charge in [-0.25, -0.2) is 13.9 Å². The summed E-state index contributed by atoms with van der Waals surface area (Å²) in [5, 5.41) is 7.42. The van der Waals surface area contributed by atoms with Crippen molar-refractivity contribution < 1.29 is 23.4 Å². The minimum atomic E-state index is -0.637.